The number of hydrogen-bond donors (Lipinski definition) is 2. The zero-order valence-corrected chi connectivity index (χ0v) is 21.2. The van der Waals surface area contributed by atoms with Gasteiger partial charge in [-0.3, -0.25) is 9.59 Å². The molecule has 0 bridgehead atoms. The molecule has 0 radical (unpaired) electrons. The molecule has 5 rings (SSSR count). The minimum Gasteiger partial charge on any atom is -0.353 e. The maximum atomic E-state index is 13.6. The third-order valence-corrected chi connectivity index (χ3v) is 7.77. The molecule has 0 aromatic heterocycles. The van der Waals surface area contributed by atoms with Crippen molar-refractivity contribution < 1.29 is 23.8 Å². The molecule has 8 heteroatoms. The summed E-state index contributed by atoms with van der Waals surface area (Å²) >= 11 is 0. The number of rotatable bonds is 7. The zero-order chi connectivity index (χ0) is 25.8. The number of nitrogens with zero attached hydrogens (tertiary/aromatic N) is 2. The second kappa shape index (κ2) is 11.2. The average Bonchev–Trinajstić information content (AvgIpc) is 3.41. The maximum absolute atomic E-state index is 13.6. The normalized spacial score (nSPS) is 22.4. The van der Waals surface area contributed by atoms with Crippen LogP contribution in [0.4, 0.5) is 10.5 Å². The minimum atomic E-state index is -0.636. The van der Waals surface area contributed by atoms with Crippen LogP contribution in [0.3, 0.4) is 0 Å². The smallest absolute Gasteiger partial charge is 0.353 e. The van der Waals surface area contributed by atoms with Crippen molar-refractivity contribution in [2.75, 3.05) is 11.4 Å². The van der Waals surface area contributed by atoms with Gasteiger partial charge < -0.3 is 10.6 Å². The average molecular weight is 504 g/mol. The summed E-state index contributed by atoms with van der Waals surface area (Å²) in [6.45, 7) is -0.136. The first kappa shape index (κ1) is 25.1. The van der Waals surface area contributed by atoms with Crippen molar-refractivity contribution in [3.05, 3.63) is 54.1 Å². The molecule has 1 atom stereocenters. The van der Waals surface area contributed by atoms with E-state index in [1.165, 1.54) is 11.0 Å². The Hall–Kier alpha value is -3.55. The number of imide groups is 1. The molecule has 5 amide bonds. The Morgan fingerprint density at radius 2 is 1.46 bits per heavy atom. The third-order valence-electron chi connectivity index (χ3n) is 7.77. The van der Waals surface area contributed by atoms with Crippen molar-refractivity contribution in [3.8, 4) is 0 Å². The Kier molecular flexibility index (Phi) is 7.63. The summed E-state index contributed by atoms with van der Waals surface area (Å²) in [6.07, 6.45) is 17.0. The Bertz CT molecular complexity index is 1150. The molecule has 1 aromatic rings. The Labute approximate surface area is 217 Å². The predicted octanol–water partition coefficient (Wildman–Crippen LogP) is 3.40. The van der Waals surface area contributed by atoms with E-state index in [-0.39, 0.29) is 42.8 Å². The van der Waals surface area contributed by atoms with Crippen LogP contribution in [0.5, 0.6) is 0 Å². The third kappa shape index (κ3) is 5.73. The lowest BCUT2D eigenvalue weighted by molar-refractivity contribution is -0.417. The molecule has 1 heterocycles. The van der Waals surface area contributed by atoms with Gasteiger partial charge >= 0.3 is 11.9 Å². The van der Waals surface area contributed by atoms with Gasteiger partial charge in [0.1, 0.15) is 17.3 Å². The van der Waals surface area contributed by atoms with E-state index < -0.39 is 11.9 Å². The van der Waals surface area contributed by atoms with E-state index in [4.69, 9.17) is 0 Å². The number of fused-ring (bicyclic) bond motifs is 1. The number of allylic oxidation sites excluding steroid dienone is 3. The fourth-order valence-electron chi connectivity index (χ4n) is 5.82. The van der Waals surface area contributed by atoms with Gasteiger partial charge in [0.05, 0.1) is 6.42 Å². The number of nitrogens with one attached hydrogen (secondary N) is 2. The first-order valence-electron chi connectivity index (χ1n) is 13.5. The predicted molar refractivity (Wildman–Crippen MR) is 140 cm³/mol. The van der Waals surface area contributed by atoms with E-state index in [1.807, 2.05) is 0 Å². The summed E-state index contributed by atoms with van der Waals surface area (Å²) in [5.41, 5.74) is 1.76. The van der Waals surface area contributed by atoms with E-state index in [0.29, 0.717) is 11.4 Å². The Morgan fingerprint density at radius 3 is 2.14 bits per heavy atom. The summed E-state index contributed by atoms with van der Waals surface area (Å²) < 4.78 is 1.40. The van der Waals surface area contributed by atoms with Crippen molar-refractivity contribution in [2.45, 2.75) is 76.3 Å². The second-order valence-electron chi connectivity index (χ2n) is 10.5. The standard InChI is InChI=1S/C29H34N4O4/c34-26(30-21-8-2-1-3-9-21)18-20-14-16-23(17-15-20)33-28(36)24-12-6-7-13-25(24)32(29(33)37)19-27(35)31-22-10-4-5-11-22/h6-7,12-17,21-22,24H,1-5,8-11,18-19H2,(H-,30,31,34,35)/p+1. The monoisotopic (exact) mass is 503 g/mol. The van der Waals surface area contributed by atoms with Crippen molar-refractivity contribution in [1.29, 1.82) is 0 Å². The molecule has 1 unspecified atom stereocenters. The topological polar surface area (TPSA) is 98.6 Å². The second-order valence-corrected chi connectivity index (χ2v) is 10.5. The van der Waals surface area contributed by atoms with Crippen LogP contribution in [0.1, 0.15) is 63.4 Å². The van der Waals surface area contributed by atoms with E-state index >= 15 is 0 Å². The highest BCUT2D eigenvalue weighted by Crippen LogP contribution is 2.26. The van der Waals surface area contributed by atoms with Gasteiger partial charge in [-0.2, -0.15) is 9.37 Å². The molecule has 37 heavy (non-hydrogen) atoms. The molecule has 194 valence electrons. The van der Waals surface area contributed by atoms with Crippen molar-refractivity contribution in [2.24, 2.45) is 5.92 Å². The molecule has 0 spiro atoms. The van der Waals surface area contributed by atoms with Gasteiger partial charge in [0, 0.05) is 12.1 Å². The molecular formula is C29H35N4O4+. The summed E-state index contributed by atoms with van der Waals surface area (Å²) in [4.78, 5) is 53.4. The molecule has 2 saturated carbocycles. The number of carbonyl (C=O) groups is 4. The first-order chi connectivity index (χ1) is 18.0. The molecule has 8 nitrogen and oxygen atoms in total. The largest absolute Gasteiger partial charge is 0.506 e. The van der Waals surface area contributed by atoms with Crippen LogP contribution in [0.15, 0.2) is 48.6 Å². The van der Waals surface area contributed by atoms with Gasteiger partial charge in [-0.1, -0.05) is 62.5 Å². The molecule has 2 N–H and O–H groups in total. The molecule has 3 aliphatic carbocycles. The van der Waals surface area contributed by atoms with E-state index in [1.54, 1.807) is 48.6 Å². The summed E-state index contributed by atoms with van der Waals surface area (Å²) in [5.74, 6) is -1.22. The molecular weight excluding hydrogens is 468 g/mol. The number of anilines is 1. The summed E-state index contributed by atoms with van der Waals surface area (Å²) in [6, 6.07) is 6.82. The van der Waals surface area contributed by atoms with Crippen LogP contribution in [-0.2, 0) is 20.8 Å². The highest BCUT2D eigenvalue weighted by molar-refractivity contribution is 6.26. The molecule has 0 saturated heterocycles. The molecule has 1 aromatic carbocycles. The zero-order valence-electron chi connectivity index (χ0n) is 21.2. The van der Waals surface area contributed by atoms with Crippen LogP contribution >= 0.6 is 0 Å². The molecule has 2 fully saturated rings. The van der Waals surface area contributed by atoms with Gasteiger partial charge in [-0.05, 0) is 49.5 Å². The summed E-state index contributed by atoms with van der Waals surface area (Å²) in [5, 5.41) is 6.15. The summed E-state index contributed by atoms with van der Waals surface area (Å²) in [7, 11) is 0. The van der Waals surface area contributed by atoms with Crippen LogP contribution in [0.25, 0.3) is 0 Å². The van der Waals surface area contributed by atoms with Crippen LogP contribution in [0.2, 0.25) is 0 Å². The number of benzene rings is 1. The van der Waals surface area contributed by atoms with Gasteiger partial charge in [-0.15, -0.1) is 4.90 Å². The van der Waals surface area contributed by atoms with E-state index in [2.05, 4.69) is 10.6 Å². The van der Waals surface area contributed by atoms with Gasteiger partial charge in [0.25, 0.3) is 5.91 Å². The molecule has 4 aliphatic rings. The molecule has 1 aliphatic heterocycles. The van der Waals surface area contributed by atoms with Gasteiger partial charge in [-0.25, -0.2) is 4.79 Å². The van der Waals surface area contributed by atoms with Gasteiger partial charge in [0.15, 0.2) is 6.54 Å². The lowest BCUT2D eigenvalue weighted by Gasteiger charge is -2.26. The van der Waals surface area contributed by atoms with E-state index in [0.717, 1.165) is 61.8 Å². The number of carbonyl (C=O) groups excluding carboxylic acids is 4. The minimum absolute atomic E-state index is 0.0115. The van der Waals surface area contributed by atoms with E-state index in [9.17, 15) is 19.2 Å². The fourth-order valence-corrected chi connectivity index (χ4v) is 5.82. The van der Waals surface area contributed by atoms with Crippen molar-refractivity contribution >= 4 is 35.2 Å². The van der Waals surface area contributed by atoms with Gasteiger partial charge in [0.2, 0.25) is 5.91 Å². The SMILES string of the molecule is O=C(Cc1ccc(N2C(=O)C3C=CC=CC3=[N+](CC(=O)NC3CCCC3)C2=O)cc1)NC1CCCCC1. The highest BCUT2D eigenvalue weighted by Gasteiger charge is 2.48. The maximum Gasteiger partial charge on any atom is 0.506 e. The number of hydrogen-bond acceptors (Lipinski definition) is 4. The number of urea groups is 1. The Balaban J connectivity index is 1.30. The first-order valence-corrected chi connectivity index (χ1v) is 13.5. The highest BCUT2D eigenvalue weighted by atomic mass is 16.2. The quantitative estimate of drug-likeness (QED) is 0.557. The number of amides is 5. The lowest BCUT2D eigenvalue weighted by atomic mass is 9.94. The Morgan fingerprint density at radius 1 is 0.838 bits per heavy atom. The van der Waals surface area contributed by atoms with Crippen LogP contribution < -0.4 is 15.5 Å². The van der Waals surface area contributed by atoms with Crippen LogP contribution in [-0.4, -0.2) is 52.7 Å². The fraction of sp³-hybridized carbons (Fsp3) is 0.483. The van der Waals surface area contributed by atoms with Crippen molar-refractivity contribution in [3.63, 3.8) is 0 Å². The van der Waals surface area contributed by atoms with Crippen molar-refractivity contribution in [1.82, 2.24) is 10.6 Å². The van der Waals surface area contributed by atoms with Crippen LogP contribution in [0, 0.1) is 5.92 Å². The lowest BCUT2D eigenvalue weighted by Crippen LogP contribution is -2.56.